The Balaban J connectivity index is 3.04. The maximum absolute atomic E-state index is 11.5. The molecule has 0 saturated heterocycles. The number of aromatic carboxylic acids is 1. The third-order valence-corrected chi connectivity index (χ3v) is 2.91. The minimum absolute atomic E-state index is 0.0134. The van der Waals surface area contributed by atoms with E-state index in [1.54, 1.807) is 0 Å². The molecule has 0 atom stereocenters. The van der Waals surface area contributed by atoms with Gasteiger partial charge in [-0.25, -0.2) is 13.2 Å². The molecule has 0 aromatic heterocycles. The van der Waals surface area contributed by atoms with Crippen LogP contribution in [0, 0.1) is 0 Å². The van der Waals surface area contributed by atoms with E-state index in [2.05, 4.69) is 5.32 Å². The number of rotatable bonds is 5. The number of methoxy groups -OCH3 is 1. The predicted octanol–water partition coefficient (Wildman–Crippen LogP) is 0.377. The topological polar surface area (TPSA) is 110 Å². The highest BCUT2D eigenvalue weighted by Gasteiger charge is 2.16. The highest BCUT2D eigenvalue weighted by Crippen LogP contribution is 2.22. The van der Waals surface area contributed by atoms with E-state index < -0.39 is 27.5 Å². The first kappa shape index (κ1) is 15.0. The van der Waals surface area contributed by atoms with Crippen LogP contribution in [0.15, 0.2) is 18.2 Å². The van der Waals surface area contributed by atoms with Crippen molar-refractivity contribution < 1.29 is 27.9 Å². The molecule has 0 spiro atoms. The molecule has 19 heavy (non-hydrogen) atoms. The molecule has 2 N–H and O–H groups in total. The van der Waals surface area contributed by atoms with E-state index in [1.165, 1.54) is 25.3 Å². The maximum Gasteiger partial charge on any atom is 0.337 e. The van der Waals surface area contributed by atoms with Crippen molar-refractivity contribution >= 4 is 27.4 Å². The third-order valence-electron chi connectivity index (χ3n) is 2.12. The SMILES string of the molecule is COc1ccc(C(=O)O)c(NC(=O)CS(C)(=O)=O)c1. The molecule has 1 rings (SSSR count). The van der Waals surface area contributed by atoms with Crippen LogP contribution in [0.5, 0.6) is 5.75 Å². The van der Waals surface area contributed by atoms with E-state index in [0.717, 1.165) is 6.26 Å². The van der Waals surface area contributed by atoms with Gasteiger partial charge in [-0.2, -0.15) is 0 Å². The zero-order chi connectivity index (χ0) is 14.6. The smallest absolute Gasteiger partial charge is 0.337 e. The molecular weight excluding hydrogens is 274 g/mol. The van der Waals surface area contributed by atoms with Crippen LogP contribution in [0.3, 0.4) is 0 Å². The molecule has 104 valence electrons. The summed E-state index contributed by atoms with van der Waals surface area (Å²) in [7, 11) is -2.10. The summed E-state index contributed by atoms with van der Waals surface area (Å²) in [5.41, 5.74) is -0.164. The van der Waals surface area contributed by atoms with Gasteiger partial charge in [0.15, 0.2) is 9.84 Å². The average Bonchev–Trinajstić information content (AvgIpc) is 2.25. The molecule has 0 heterocycles. The van der Waals surface area contributed by atoms with Gasteiger partial charge in [-0.3, -0.25) is 4.79 Å². The Labute approximate surface area is 110 Å². The molecule has 0 fully saturated rings. The maximum atomic E-state index is 11.5. The zero-order valence-electron chi connectivity index (χ0n) is 10.3. The standard InChI is InChI=1S/C11H13NO6S/c1-18-7-3-4-8(11(14)15)9(5-7)12-10(13)6-19(2,16)17/h3-5H,6H2,1-2H3,(H,12,13)(H,14,15). The molecule has 0 bridgehead atoms. The lowest BCUT2D eigenvalue weighted by molar-refractivity contribution is -0.113. The van der Waals surface area contributed by atoms with E-state index in [0.29, 0.717) is 5.75 Å². The number of benzene rings is 1. The normalized spacial score (nSPS) is 10.8. The highest BCUT2D eigenvalue weighted by atomic mass is 32.2. The van der Waals surface area contributed by atoms with E-state index >= 15 is 0 Å². The van der Waals surface area contributed by atoms with E-state index in [4.69, 9.17) is 9.84 Å². The lowest BCUT2D eigenvalue weighted by Gasteiger charge is -2.09. The van der Waals surface area contributed by atoms with Crippen LogP contribution in [-0.4, -0.2) is 44.5 Å². The number of hydrogen-bond acceptors (Lipinski definition) is 5. The zero-order valence-corrected chi connectivity index (χ0v) is 11.2. The Morgan fingerprint density at radius 1 is 1.37 bits per heavy atom. The molecule has 0 aliphatic rings. The molecule has 0 unspecified atom stereocenters. The van der Waals surface area contributed by atoms with Gasteiger partial charge in [0.1, 0.15) is 11.5 Å². The summed E-state index contributed by atoms with van der Waals surface area (Å²) in [5.74, 6) is -2.42. The third kappa shape index (κ3) is 4.59. The number of ether oxygens (including phenoxy) is 1. The van der Waals surface area contributed by atoms with Crippen molar-refractivity contribution in [3.05, 3.63) is 23.8 Å². The Morgan fingerprint density at radius 2 is 2.00 bits per heavy atom. The molecule has 0 saturated carbocycles. The van der Waals surface area contributed by atoms with Gasteiger partial charge in [0, 0.05) is 12.3 Å². The van der Waals surface area contributed by atoms with Gasteiger partial charge in [0.2, 0.25) is 5.91 Å². The first-order valence-corrected chi connectivity index (χ1v) is 7.18. The Hall–Kier alpha value is -2.09. The first-order valence-electron chi connectivity index (χ1n) is 5.12. The summed E-state index contributed by atoms with van der Waals surface area (Å²) in [6.45, 7) is 0. The number of amides is 1. The average molecular weight is 287 g/mol. The van der Waals surface area contributed by atoms with Gasteiger partial charge in [-0.15, -0.1) is 0 Å². The highest BCUT2D eigenvalue weighted by molar-refractivity contribution is 7.91. The number of carboxylic acids is 1. The van der Waals surface area contributed by atoms with Gasteiger partial charge in [0.05, 0.1) is 18.4 Å². The van der Waals surface area contributed by atoms with Crippen LogP contribution in [-0.2, 0) is 14.6 Å². The summed E-state index contributed by atoms with van der Waals surface area (Å²) in [6, 6.07) is 4.00. The van der Waals surface area contributed by atoms with Crippen molar-refractivity contribution in [2.45, 2.75) is 0 Å². The van der Waals surface area contributed by atoms with Crippen LogP contribution in [0.4, 0.5) is 5.69 Å². The Morgan fingerprint density at radius 3 is 2.47 bits per heavy atom. The fourth-order valence-corrected chi connectivity index (χ4v) is 1.91. The second-order valence-corrected chi connectivity index (χ2v) is 5.98. The molecule has 0 radical (unpaired) electrons. The fraction of sp³-hybridized carbons (Fsp3) is 0.273. The van der Waals surface area contributed by atoms with Crippen molar-refractivity contribution in [1.82, 2.24) is 0 Å². The summed E-state index contributed by atoms with van der Waals surface area (Å²) >= 11 is 0. The lowest BCUT2D eigenvalue weighted by atomic mass is 10.1. The molecular formula is C11H13NO6S. The van der Waals surface area contributed by atoms with Crippen LogP contribution < -0.4 is 10.1 Å². The second kappa shape index (κ2) is 5.70. The molecule has 0 aliphatic carbocycles. The summed E-state index contributed by atoms with van der Waals surface area (Å²) in [6.07, 6.45) is 0.913. The minimum atomic E-state index is -3.48. The molecule has 0 aliphatic heterocycles. The number of carbonyl (C=O) groups is 2. The van der Waals surface area contributed by atoms with E-state index in [-0.39, 0.29) is 11.3 Å². The number of nitrogens with one attached hydrogen (secondary N) is 1. The van der Waals surface area contributed by atoms with Crippen molar-refractivity contribution in [3.63, 3.8) is 0 Å². The summed E-state index contributed by atoms with van der Waals surface area (Å²) in [5, 5.41) is 11.2. The van der Waals surface area contributed by atoms with Crippen molar-refractivity contribution in [2.75, 3.05) is 24.4 Å². The number of carbonyl (C=O) groups excluding carboxylic acids is 1. The Kier molecular flexibility index (Phi) is 4.49. The lowest BCUT2D eigenvalue weighted by Crippen LogP contribution is -2.23. The van der Waals surface area contributed by atoms with E-state index in [1.807, 2.05) is 0 Å². The number of sulfone groups is 1. The van der Waals surface area contributed by atoms with Crippen LogP contribution >= 0.6 is 0 Å². The van der Waals surface area contributed by atoms with Crippen molar-refractivity contribution in [3.8, 4) is 5.75 Å². The first-order chi connectivity index (χ1) is 8.73. The van der Waals surface area contributed by atoms with Gasteiger partial charge >= 0.3 is 5.97 Å². The van der Waals surface area contributed by atoms with Gasteiger partial charge in [0.25, 0.3) is 0 Å². The van der Waals surface area contributed by atoms with E-state index in [9.17, 15) is 18.0 Å². The second-order valence-electron chi connectivity index (χ2n) is 3.83. The fourth-order valence-electron chi connectivity index (χ4n) is 1.36. The van der Waals surface area contributed by atoms with Crippen molar-refractivity contribution in [1.29, 1.82) is 0 Å². The van der Waals surface area contributed by atoms with Crippen molar-refractivity contribution in [2.24, 2.45) is 0 Å². The summed E-state index contributed by atoms with van der Waals surface area (Å²) < 4.78 is 26.9. The van der Waals surface area contributed by atoms with Crippen LogP contribution in [0.1, 0.15) is 10.4 Å². The largest absolute Gasteiger partial charge is 0.497 e. The number of carboxylic acid groups (broad SMARTS) is 1. The number of anilines is 1. The monoisotopic (exact) mass is 287 g/mol. The molecule has 1 aromatic rings. The van der Waals surface area contributed by atoms with Gasteiger partial charge in [-0.05, 0) is 12.1 Å². The Bertz CT molecular complexity index is 608. The molecule has 1 amide bonds. The quantitative estimate of drug-likeness (QED) is 0.810. The van der Waals surface area contributed by atoms with Gasteiger partial charge in [-0.1, -0.05) is 0 Å². The molecule has 8 heteroatoms. The predicted molar refractivity (Wildman–Crippen MR) is 68.3 cm³/mol. The van der Waals surface area contributed by atoms with Gasteiger partial charge < -0.3 is 15.2 Å². The molecule has 1 aromatic carbocycles. The van der Waals surface area contributed by atoms with Crippen LogP contribution in [0.25, 0.3) is 0 Å². The number of hydrogen-bond donors (Lipinski definition) is 2. The summed E-state index contributed by atoms with van der Waals surface area (Å²) in [4.78, 5) is 22.5. The minimum Gasteiger partial charge on any atom is -0.497 e. The molecule has 7 nitrogen and oxygen atoms in total. The van der Waals surface area contributed by atoms with Crippen LogP contribution in [0.2, 0.25) is 0 Å².